The number of carboxylic acids is 1. The lowest BCUT2D eigenvalue weighted by atomic mass is 10.1. The number of carbonyl (C=O) groups excluding carboxylic acids is 1. The molecule has 0 spiro atoms. The minimum absolute atomic E-state index is 0.0947. The molecule has 0 saturated carbocycles. The van der Waals surface area contributed by atoms with Crippen LogP contribution in [0.25, 0.3) is 0 Å². The van der Waals surface area contributed by atoms with Crippen molar-refractivity contribution < 1.29 is 19.1 Å². The second kappa shape index (κ2) is 6.00. The number of rotatable bonds is 6. The predicted molar refractivity (Wildman–Crippen MR) is 65.1 cm³/mol. The Bertz CT molecular complexity index is 463. The van der Waals surface area contributed by atoms with Crippen molar-refractivity contribution in [2.75, 3.05) is 18.0 Å². The van der Waals surface area contributed by atoms with E-state index in [2.05, 4.69) is 0 Å². The van der Waals surface area contributed by atoms with Crippen LogP contribution >= 0.6 is 0 Å². The number of hydrogen-bond donors (Lipinski definition) is 2. The standard InChI is InChI=1S/C12H15FN2O3/c1-2-15(7-6-10(16)17)9-5-3-4-8(13)11(9)12(14)18/h3-5H,2,6-7H2,1H3,(H2,14,18)(H,16,17). The molecule has 0 aliphatic carbocycles. The maximum Gasteiger partial charge on any atom is 0.305 e. The summed E-state index contributed by atoms with van der Waals surface area (Å²) in [5.41, 5.74) is 5.26. The molecule has 18 heavy (non-hydrogen) atoms. The second-order valence-electron chi connectivity index (χ2n) is 3.72. The number of carboxylic acid groups (broad SMARTS) is 1. The van der Waals surface area contributed by atoms with Crippen LogP contribution < -0.4 is 10.6 Å². The van der Waals surface area contributed by atoms with Crippen LogP contribution in [-0.4, -0.2) is 30.1 Å². The summed E-state index contributed by atoms with van der Waals surface area (Å²) in [6.07, 6.45) is -0.0947. The molecule has 0 aliphatic rings. The molecule has 0 bridgehead atoms. The van der Waals surface area contributed by atoms with Crippen molar-refractivity contribution in [3.05, 3.63) is 29.6 Å². The van der Waals surface area contributed by atoms with Gasteiger partial charge in [0.2, 0.25) is 0 Å². The molecule has 5 nitrogen and oxygen atoms in total. The summed E-state index contributed by atoms with van der Waals surface area (Å²) in [7, 11) is 0. The Hall–Kier alpha value is -2.11. The number of hydrogen-bond acceptors (Lipinski definition) is 3. The van der Waals surface area contributed by atoms with Gasteiger partial charge in [0.05, 0.1) is 17.7 Å². The van der Waals surface area contributed by atoms with E-state index in [1.54, 1.807) is 17.9 Å². The molecule has 1 rings (SSSR count). The van der Waals surface area contributed by atoms with Gasteiger partial charge < -0.3 is 15.7 Å². The number of halogens is 1. The highest BCUT2D eigenvalue weighted by atomic mass is 19.1. The van der Waals surface area contributed by atoms with Gasteiger partial charge in [-0.15, -0.1) is 0 Å². The van der Waals surface area contributed by atoms with Crippen LogP contribution in [0.5, 0.6) is 0 Å². The van der Waals surface area contributed by atoms with Crippen LogP contribution in [0.15, 0.2) is 18.2 Å². The third kappa shape index (κ3) is 3.19. The van der Waals surface area contributed by atoms with Crippen LogP contribution in [0, 0.1) is 5.82 Å². The highest BCUT2D eigenvalue weighted by Crippen LogP contribution is 2.23. The van der Waals surface area contributed by atoms with E-state index in [1.807, 2.05) is 0 Å². The number of nitrogens with zero attached hydrogens (tertiary/aromatic N) is 1. The zero-order valence-electron chi connectivity index (χ0n) is 10.0. The smallest absolute Gasteiger partial charge is 0.305 e. The summed E-state index contributed by atoms with van der Waals surface area (Å²) in [5, 5.41) is 8.65. The molecule has 0 fully saturated rings. The Kier molecular flexibility index (Phi) is 4.65. The van der Waals surface area contributed by atoms with Gasteiger partial charge in [0, 0.05) is 13.1 Å². The normalized spacial score (nSPS) is 10.1. The zero-order valence-corrected chi connectivity index (χ0v) is 10.0. The van der Waals surface area contributed by atoms with Gasteiger partial charge >= 0.3 is 5.97 Å². The van der Waals surface area contributed by atoms with E-state index in [9.17, 15) is 14.0 Å². The van der Waals surface area contributed by atoms with Gasteiger partial charge in [-0.1, -0.05) is 6.07 Å². The maximum absolute atomic E-state index is 13.6. The lowest BCUT2D eigenvalue weighted by Crippen LogP contribution is -2.29. The number of primary amides is 1. The Labute approximate surface area is 104 Å². The SMILES string of the molecule is CCN(CCC(=O)O)c1cccc(F)c1C(N)=O. The minimum Gasteiger partial charge on any atom is -0.481 e. The molecule has 1 aromatic carbocycles. The van der Waals surface area contributed by atoms with Gasteiger partial charge in [0.15, 0.2) is 0 Å². The predicted octanol–water partition coefficient (Wildman–Crippen LogP) is 1.23. The maximum atomic E-state index is 13.6. The molecule has 0 aliphatic heterocycles. The number of aliphatic carboxylic acids is 1. The van der Waals surface area contributed by atoms with Crippen LogP contribution in [0.4, 0.5) is 10.1 Å². The Balaban J connectivity index is 3.08. The van der Waals surface area contributed by atoms with Crippen molar-refractivity contribution >= 4 is 17.6 Å². The summed E-state index contributed by atoms with van der Waals surface area (Å²) in [5.74, 6) is -2.52. The molecule has 0 aromatic heterocycles. The molecule has 98 valence electrons. The molecule has 0 saturated heterocycles. The summed E-state index contributed by atoms with van der Waals surface area (Å²) in [4.78, 5) is 23.4. The highest BCUT2D eigenvalue weighted by Gasteiger charge is 2.18. The van der Waals surface area contributed by atoms with Gasteiger partial charge in [-0.05, 0) is 19.1 Å². The largest absolute Gasteiger partial charge is 0.481 e. The molecule has 3 N–H and O–H groups in total. The second-order valence-corrected chi connectivity index (χ2v) is 3.72. The highest BCUT2D eigenvalue weighted by molar-refractivity contribution is 5.99. The Morgan fingerprint density at radius 3 is 2.61 bits per heavy atom. The topological polar surface area (TPSA) is 83.6 Å². The van der Waals surface area contributed by atoms with Crippen LogP contribution in [0.2, 0.25) is 0 Å². The fourth-order valence-corrected chi connectivity index (χ4v) is 1.70. The van der Waals surface area contributed by atoms with Crippen molar-refractivity contribution in [1.29, 1.82) is 0 Å². The lowest BCUT2D eigenvalue weighted by Gasteiger charge is -2.24. The first kappa shape index (κ1) is 14.0. The summed E-state index contributed by atoms with van der Waals surface area (Å²) < 4.78 is 13.6. The van der Waals surface area contributed by atoms with Crippen molar-refractivity contribution in [2.45, 2.75) is 13.3 Å². The van der Waals surface area contributed by atoms with Crippen molar-refractivity contribution in [3.63, 3.8) is 0 Å². The lowest BCUT2D eigenvalue weighted by molar-refractivity contribution is -0.136. The molecule has 0 radical (unpaired) electrons. The van der Waals surface area contributed by atoms with Gasteiger partial charge in [-0.25, -0.2) is 4.39 Å². The van der Waals surface area contributed by atoms with E-state index in [1.165, 1.54) is 6.07 Å². The van der Waals surface area contributed by atoms with E-state index in [-0.39, 0.29) is 18.5 Å². The van der Waals surface area contributed by atoms with Gasteiger partial charge in [-0.2, -0.15) is 0 Å². The average Bonchev–Trinajstić information content (AvgIpc) is 2.29. The molecule has 0 heterocycles. The van der Waals surface area contributed by atoms with E-state index in [4.69, 9.17) is 10.8 Å². The summed E-state index contributed by atoms with van der Waals surface area (Å²) in [6.45, 7) is 2.43. The number of benzene rings is 1. The van der Waals surface area contributed by atoms with Gasteiger partial charge in [0.1, 0.15) is 5.82 Å². The number of carbonyl (C=O) groups is 2. The quantitative estimate of drug-likeness (QED) is 0.799. The summed E-state index contributed by atoms with van der Waals surface area (Å²) >= 11 is 0. The molecule has 0 atom stereocenters. The van der Waals surface area contributed by atoms with Crippen molar-refractivity contribution in [2.24, 2.45) is 5.73 Å². The minimum atomic E-state index is -0.953. The van der Waals surface area contributed by atoms with E-state index in [0.717, 1.165) is 6.07 Å². The number of anilines is 1. The average molecular weight is 254 g/mol. The van der Waals surface area contributed by atoms with Gasteiger partial charge in [-0.3, -0.25) is 9.59 Å². The fraction of sp³-hybridized carbons (Fsp3) is 0.333. The van der Waals surface area contributed by atoms with Crippen molar-refractivity contribution in [3.8, 4) is 0 Å². The third-order valence-electron chi connectivity index (χ3n) is 2.56. The van der Waals surface area contributed by atoms with Crippen molar-refractivity contribution in [1.82, 2.24) is 0 Å². The molecule has 1 aromatic rings. The zero-order chi connectivity index (χ0) is 13.7. The first-order chi connectivity index (χ1) is 8.47. The Morgan fingerprint density at radius 1 is 1.44 bits per heavy atom. The summed E-state index contributed by atoms with van der Waals surface area (Å²) in [6, 6.07) is 4.16. The molecule has 0 unspecified atom stereocenters. The van der Waals surface area contributed by atoms with E-state index in [0.29, 0.717) is 12.2 Å². The van der Waals surface area contributed by atoms with Crippen LogP contribution in [-0.2, 0) is 4.79 Å². The number of amides is 1. The van der Waals surface area contributed by atoms with E-state index < -0.39 is 17.7 Å². The first-order valence-electron chi connectivity index (χ1n) is 5.52. The monoisotopic (exact) mass is 254 g/mol. The van der Waals surface area contributed by atoms with E-state index >= 15 is 0 Å². The first-order valence-corrected chi connectivity index (χ1v) is 5.52. The Morgan fingerprint density at radius 2 is 2.11 bits per heavy atom. The van der Waals surface area contributed by atoms with Crippen LogP contribution in [0.3, 0.4) is 0 Å². The molecular weight excluding hydrogens is 239 g/mol. The molecule has 1 amide bonds. The number of nitrogens with two attached hydrogens (primary N) is 1. The van der Waals surface area contributed by atoms with Crippen LogP contribution in [0.1, 0.15) is 23.7 Å². The van der Waals surface area contributed by atoms with Gasteiger partial charge in [0.25, 0.3) is 5.91 Å². The third-order valence-corrected chi connectivity index (χ3v) is 2.56. The molecular formula is C12H15FN2O3. The fourth-order valence-electron chi connectivity index (χ4n) is 1.70. The molecule has 6 heteroatoms.